The monoisotopic (exact) mass is 260 g/mol. The van der Waals surface area contributed by atoms with E-state index in [2.05, 4.69) is 0 Å². The molecule has 0 amide bonds. The van der Waals surface area contributed by atoms with E-state index in [0.29, 0.717) is 19.2 Å². The van der Waals surface area contributed by atoms with Crippen LogP contribution >= 0.6 is 0 Å². The van der Waals surface area contributed by atoms with Crippen LogP contribution in [0.1, 0.15) is 18.4 Å². The van der Waals surface area contributed by atoms with Gasteiger partial charge in [-0.3, -0.25) is 10.1 Å². The lowest BCUT2D eigenvalue weighted by Crippen LogP contribution is -2.19. The lowest BCUT2D eigenvalue weighted by molar-refractivity contribution is -0.384. The fourth-order valence-electron chi connectivity index (χ4n) is 2.07. The minimum Gasteiger partial charge on any atom is -0.366 e. The second-order valence-corrected chi connectivity index (χ2v) is 4.15. The summed E-state index contributed by atoms with van der Waals surface area (Å²) in [5.41, 5.74) is -1.20. The topological polar surface area (TPSA) is 46.4 Å². The molecule has 0 aromatic heterocycles. The van der Waals surface area contributed by atoms with E-state index >= 15 is 0 Å². The van der Waals surface area contributed by atoms with Crippen molar-refractivity contribution in [3.8, 4) is 0 Å². The van der Waals surface area contributed by atoms with Crippen molar-refractivity contribution in [1.29, 1.82) is 0 Å². The van der Waals surface area contributed by atoms with Gasteiger partial charge >= 0.3 is 6.18 Å². The molecule has 7 heteroatoms. The van der Waals surface area contributed by atoms with E-state index in [4.69, 9.17) is 0 Å². The van der Waals surface area contributed by atoms with Crippen molar-refractivity contribution < 1.29 is 18.1 Å². The highest BCUT2D eigenvalue weighted by Gasteiger charge is 2.34. The Morgan fingerprint density at radius 3 is 2.33 bits per heavy atom. The van der Waals surface area contributed by atoms with E-state index in [1.165, 1.54) is 6.07 Å². The smallest absolute Gasteiger partial charge is 0.366 e. The predicted molar refractivity (Wildman–Crippen MR) is 59.5 cm³/mol. The van der Waals surface area contributed by atoms with Gasteiger partial charge in [0.2, 0.25) is 0 Å². The summed E-state index contributed by atoms with van der Waals surface area (Å²) in [5, 5.41) is 10.9. The molecule has 1 heterocycles. The zero-order chi connectivity index (χ0) is 13.3. The maximum atomic E-state index is 12.5. The second kappa shape index (κ2) is 4.47. The first-order chi connectivity index (χ1) is 8.39. The molecule has 0 atom stereocenters. The van der Waals surface area contributed by atoms with E-state index in [-0.39, 0.29) is 5.69 Å². The van der Waals surface area contributed by atoms with Gasteiger partial charge < -0.3 is 4.90 Å². The quantitative estimate of drug-likeness (QED) is 0.606. The summed E-state index contributed by atoms with van der Waals surface area (Å²) >= 11 is 0. The van der Waals surface area contributed by atoms with E-state index in [0.717, 1.165) is 18.9 Å². The summed E-state index contributed by atoms with van der Waals surface area (Å²) in [7, 11) is 0. The molecule has 0 bridgehead atoms. The van der Waals surface area contributed by atoms with Crippen LogP contribution < -0.4 is 4.90 Å². The number of nitro groups is 1. The Balaban J connectivity index is 2.44. The summed E-state index contributed by atoms with van der Waals surface area (Å²) in [6.07, 6.45) is -2.76. The Kier molecular flexibility index (Phi) is 3.14. The van der Waals surface area contributed by atoms with E-state index in [1.807, 2.05) is 0 Å². The van der Waals surface area contributed by atoms with Crippen LogP contribution in [-0.4, -0.2) is 18.0 Å². The van der Waals surface area contributed by atoms with Gasteiger partial charge in [0.1, 0.15) is 5.69 Å². The average Bonchev–Trinajstić information content (AvgIpc) is 2.80. The molecule has 2 rings (SSSR count). The van der Waals surface area contributed by atoms with E-state index in [1.54, 1.807) is 4.90 Å². The number of alkyl halides is 3. The van der Waals surface area contributed by atoms with Gasteiger partial charge in [0.15, 0.2) is 0 Å². The van der Waals surface area contributed by atoms with Crippen molar-refractivity contribution >= 4 is 11.4 Å². The molecule has 1 aliphatic heterocycles. The number of hydrogen-bond acceptors (Lipinski definition) is 3. The molecule has 1 aromatic carbocycles. The maximum absolute atomic E-state index is 12.5. The molecular formula is C11H11F3N2O2. The molecular weight excluding hydrogens is 249 g/mol. The first kappa shape index (κ1) is 12.7. The van der Waals surface area contributed by atoms with Crippen LogP contribution in [0.5, 0.6) is 0 Å². The van der Waals surface area contributed by atoms with Crippen molar-refractivity contribution in [3.05, 3.63) is 33.9 Å². The summed E-state index contributed by atoms with van der Waals surface area (Å²) in [6, 6.07) is 2.68. The zero-order valence-electron chi connectivity index (χ0n) is 9.41. The first-order valence-electron chi connectivity index (χ1n) is 5.50. The van der Waals surface area contributed by atoms with Gasteiger partial charge in [0.25, 0.3) is 5.69 Å². The Morgan fingerprint density at radius 1 is 1.22 bits per heavy atom. The molecule has 18 heavy (non-hydrogen) atoms. The number of anilines is 1. The highest BCUT2D eigenvalue weighted by atomic mass is 19.4. The van der Waals surface area contributed by atoms with Gasteiger partial charge in [0.05, 0.1) is 10.5 Å². The van der Waals surface area contributed by atoms with Crippen molar-refractivity contribution in [3.63, 3.8) is 0 Å². The summed E-state index contributed by atoms with van der Waals surface area (Å²) < 4.78 is 37.5. The third-order valence-electron chi connectivity index (χ3n) is 2.95. The van der Waals surface area contributed by atoms with Crippen LogP contribution in [-0.2, 0) is 6.18 Å². The molecule has 1 fully saturated rings. The lowest BCUT2D eigenvalue weighted by atomic mass is 10.1. The highest BCUT2D eigenvalue weighted by Crippen LogP contribution is 2.37. The van der Waals surface area contributed by atoms with Crippen LogP contribution in [0.25, 0.3) is 0 Å². The van der Waals surface area contributed by atoms with E-state index in [9.17, 15) is 23.3 Å². The largest absolute Gasteiger partial charge is 0.416 e. The molecule has 0 aliphatic carbocycles. The van der Waals surface area contributed by atoms with Crippen molar-refractivity contribution in [1.82, 2.24) is 0 Å². The Morgan fingerprint density at radius 2 is 1.83 bits per heavy atom. The molecule has 0 saturated carbocycles. The SMILES string of the molecule is O=[N+]([O-])c1cc(C(F)(F)F)ccc1N1CCCC1. The molecule has 4 nitrogen and oxygen atoms in total. The first-order valence-corrected chi connectivity index (χ1v) is 5.50. The Labute approximate surface area is 101 Å². The third-order valence-corrected chi connectivity index (χ3v) is 2.95. The molecule has 0 radical (unpaired) electrons. The maximum Gasteiger partial charge on any atom is 0.416 e. The summed E-state index contributed by atoms with van der Waals surface area (Å²) in [4.78, 5) is 11.9. The number of nitro benzene ring substituents is 1. The Hall–Kier alpha value is -1.79. The molecule has 1 saturated heterocycles. The van der Waals surface area contributed by atoms with Crippen molar-refractivity contribution in [2.24, 2.45) is 0 Å². The van der Waals surface area contributed by atoms with Gasteiger partial charge in [0, 0.05) is 19.2 Å². The molecule has 0 unspecified atom stereocenters. The van der Waals surface area contributed by atoms with Crippen molar-refractivity contribution in [2.75, 3.05) is 18.0 Å². The Bertz CT molecular complexity index is 468. The van der Waals surface area contributed by atoms with Gasteiger partial charge in [-0.05, 0) is 25.0 Å². The number of halogens is 3. The zero-order valence-corrected chi connectivity index (χ0v) is 9.41. The fourth-order valence-corrected chi connectivity index (χ4v) is 2.07. The molecule has 98 valence electrons. The number of nitrogens with zero attached hydrogens (tertiary/aromatic N) is 2. The number of benzene rings is 1. The highest BCUT2D eigenvalue weighted by molar-refractivity contribution is 5.65. The molecule has 0 spiro atoms. The normalized spacial score (nSPS) is 16.1. The standard InChI is InChI=1S/C11H11F3N2O2/c12-11(13,14)8-3-4-9(10(7-8)16(17)18)15-5-1-2-6-15/h3-4,7H,1-2,5-6H2. The molecule has 0 N–H and O–H groups in total. The van der Waals surface area contributed by atoms with Gasteiger partial charge in [-0.25, -0.2) is 0 Å². The summed E-state index contributed by atoms with van der Waals surface area (Å²) in [6.45, 7) is 1.29. The average molecular weight is 260 g/mol. The van der Waals surface area contributed by atoms with Crippen LogP contribution in [0.15, 0.2) is 18.2 Å². The lowest BCUT2D eigenvalue weighted by Gasteiger charge is -2.18. The predicted octanol–water partition coefficient (Wildman–Crippen LogP) is 3.21. The van der Waals surface area contributed by atoms with Crippen molar-refractivity contribution in [2.45, 2.75) is 19.0 Å². The molecule has 1 aliphatic rings. The fraction of sp³-hybridized carbons (Fsp3) is 0.455. The molecule has 1 aromatic rings. The minimum absolute atomic E-state index is 0.269. The van der Waals surface area contributed by atoms with Crippen LogP contribution in [0.4, 0.5) is 24.5 Å². The number of rotatable bonds is 2. The van der Waals surface area contributed by atoms with Crippen LogP contribution in [0, 0.1) is 10.1 Å². The third kappa shape index (κ3) is 2.39. The van der Waals surface area contributed by atoms with Gasteiger partial charge in [-0.15, -0.1) is 0 Å². The summed E-state index contributed by atoms with van der Waals surface area (Å²) in [5.74, 6) is 0. The van der Waals surface area contributed by atoms with Crippen LogP contribution in [0.3, 0.4) is 0 Å². The van der Waals surface area contributed by atoms with E-state index < -0.39 is 22.4 Å². The number of hydrogen-bond donors (Lipinski definition) is 0. The van der Waals surface area contributed by atoms with Gasteiger partial charge in [-0.2, -0.15) is 13.2 Å². The van der Waals surface area contributed by atoms with Gasteiger partial charge in [-0.1, -0.05) is 0 Å². The van der Waals surface area contributed by atoms with Crippen LogP contribution in [0.2, 0.25) is 0 Å². The second-order valence-electron chi connectivity index (χ2n) is 4.15. The minimum atomic E-state index is -4.56.